The van der Waals surface area contributed by atoms with Gasteiger partial charge in [-0.25, -0.2) is 4.98 Å². The molecule has 0 saturated heterocycles. The molecule has 0 unspecified atom stereocenters. The van der Waals surface area contributed by atoms with Crippen LogP contribution in [0.3, 0.4) is 0 Å². The number of pyridine rings is 1. The Kier molecular flexibility index (Phi) is 6.26. The van der Waals surface area contributed by atoms with Gasteiger partial charge in [-0.3, -0.25) is 0 Å². The highest BCUT2D eigenvalue weighted by molar-refractivity contribution is 5.25. The van der Waals surface area contributed by atoms with Gasteiger partial charge in [0.2, 0.25) is 5.88 Å². The fourth-order valence-corrected chi connectivity index (χ4v) is 1.34. The molecule has 16 heavy (non-hydrogen) atoms. The molecular weight excluding hydrogens is 200 g/mol. The number of ether oxygens (including phenoxy) is 1. The highest BCUT2D eigenvalue weighted by Gasteiger charge is 2.03. The minimum atomic E-state index is 0.697. The van der Waals surface area contributed by atoms with E-state index in [4.69, 9.17) is 4.74 Å². The van der Waals surface area contributed by atoms with E-state index >= 15 is 0 Å². The smallest absolute Gasteiger partial charge is 0.217 e. The molecular formula is C13H20N2O. The number of rotatable bonds is 8. The molecule has 0 bridgehead atoms. The highest BCUT2D eigenvalue weighted by Crippen LogP contribution is 2.14. The van der Waals surface area contributed by atoms with E-state index in [0.29, 0.717) is 6.61 Å². The maximum atomic E-state index is 5.64. The fraction of sp³-hybridized carbons (Fsp3) is 0.462. The molecule has 3 heteroatoms. The second-order valence-electron chi connectivity index (χ2n) is 3.53. The predicted octanol–water partition coefficient (Wildman–Crippen LogP) is 2.54. The Morgan fingerprint density at radius 1 is 1.56 bits per heavy atom. The van der Waals surface area contributed by atoms with Crippen molar-refractivity contribution < 1.29 is 4.74 Å². The molecule has 0 atom stereocenters. The summed E-state index contributed by atoms with van der Waals surface area (Å²) >= 11 is 0. The van der Waals surface area contributed by atoms with Crippen molar-refractivity contribution in [2.24, 2.45) is 0 Å². The van der Waals surface area contributed by atoms with Crippen molar-refractivity contribution in [2.75, 3.05) is 13.2 Å². The zero-order valence-corrected chi connectivity index (χ0v) is 9.91. The Morgan fingerprint density at radius 3 is 3.19 bits per heavy atom. The molecule has 0 aromatic carbocycles. The van der Waals surface area contributed by atoms with Gasteiger partial charge in [-0.05, 0) is 25.5 Å². The number of nitrogens with one attached hydrogen (secondary N) is 1. The monoisotopic (exact) mass is 220 g/mol. The van der Waals surface area contributed by atoms with Gasteiger partial charge in [0.15, 0.2) is 0 Å². The van der Waals surface area contributed by atoms with E-state index in [1.54, 1.807) is 6.20 Å². The molecule has 0 aliphatic heterocycles. The maximum absolute atomic E-state index is 5.64. The van der Waals surface area contributed by atoms with Crippen LogP contribution in [0.2, 0.25) is 0 Å². The van der Waals surface area contributed by atoms with Crippen LogP contribution in [0.15, 0.2) is 31.0 Å². The lowest BCUT2D eigenvalue weighted by atomic mass is 10.2. The van der Waals surface area contributed by atoms with E-state index in [0.717, 1.165) is 37.4 Å². The summed E-state index contributed by atoms with van der Waals surface area (Å²) in [6.07, 6.45) is 5.63. The summed E-state index contributed by atoms with van der Waals surface area (Å²) < 4.78 is 5.64. The molecule has 0 radical (unpaired) electrons. The molecule has 1 aromatic heterocycles. The second-order valence-corrected chi connectivity index (χ2v) is 3.53. The van der Waals surface area contributed by atoms with Crippen LogP contribution in [0.25, 0.3) is 0 Å². The van der Waals surface area contributed by atoms with Crippen molar-refractivity contribution >= 4 is 0 Å². The lowest BCUT2D eigenvalue weighted by Gasteiger charge is -2.09. The summed E-state index contributed by atoms with van der Waals surface area (Å²) in [5, 5.41) is 3.27. The van der Waals surface area contributed by atoms with Gasteiger partial charge in [-0.2, -0.15) is 0 Å². The average Bonchev–Trinajstić information content (AvgIpc) is 2.33. The van der Waals surface area contributed by atoms with Crippen molar-refractivity contribution in [3.8, 4) is 5.88 Å². The summed E-state index contributed by atoms with van der Waals surface area (Å²) in [6.45, 7) is 8.22. The van der Waals surface area contributed by atoms with Crippen LogP contribution in [0.1, 0.15) is 25.3 Å². The highest BCUT2D eigenvalue weighted by atomic mass is 16.5. The normalized spacial score (nSPS) is 10.1. The molecule has 3 nitrogen and oxygen atoms in total. The van der Waals surface area contributed by atoms with Crippen molar-refractivity contribution in [1.82, 2.24) is 10.3 Å². The van der Waals surface area contributed by atoms with Gasteiger partial charge in [0.25, 0.3) is 0 Å². The van der Waals surface area contributed by atoms with Gasteiger partial charge in [-0.15, -0.1) is 6.58 Å². The Balaban J connectivity index is 2.46. The quantitative estimate of drug-likeness (QED) is 0.540. The van der Waals surface area contributed by atoms with Crippen molar-refractivity contribution in [3.05, 3.63) is 36.5 Å². The lowest BCUT2D eigenvalue weighted by molar-refractivity contribution is 0.296. The van der Waals surface area contributed by atoms with Crippen molar-refractivity contribution in [1.29, 1.82) is 0 Å². The third-order valence-electron chi connectivity index (χ3n) is 2.21. The molecule has 1 N–H and O–H groups in total. The van der Waals surface area contributed by atoms with Gasteiger partial charge >= 0.3 is 0 Å². The minimum absolute atomic E-state index is 0.697. The number of hydrogen-bond donors (Lipinski definition) is 1. The molecule has 1 rings (SSSR count). The number of allylic oxidation sites excluding steroid dienone is 1. The minimum Gasteiger partial charge on any atom is -0.477 e. The van der Waals surface area contributed by atoms with E-state index in [2.05, 4.69) is 23.8 Å². The molecule has 0 spiro atoms. The number of unbranched alkanes of at least 4 members (excludes halogenated alkanes) is 1. The van der Waals surface area contributed by atoms with Gasteiger partial charge in [-0.1, -0.05) is 19.1 Å². The largest absolute Gasteiger partial charge is 0.477 e. The molecule has 0 amide bonds. The number of hydrogen-bond acceptors (Lipinski definition) is 3. The van der Waals surface area contributed by atoms with Crippen LogP contribution < -0.4 is 10.1 Å². The van der Waals surface area contributed by atoms with E-state index in [-0.39, 0.29) is 0 Å². The van der Waals surface area contributed by atoms with Gasteiger partial charge < -0.3 is 10.1 Å². The Morgan fingerprint density at radius 2 is 2.44 bits per heavy atom. The first kappa shape index (κ1) is 12.7. The molecule has 0 saturated carbocycles. The van der Waals surface area contributed by atoms with Crippen LogP contribution in [-0.2, 0) is 6.54 Å². The molecule has 0 fully saturated rings. The van der Waals surface area contributed by atoms with Crippen LogP contribution >= 0.6 is 0 Å². The third-order valence-corrected chi connectivity index (χ3v) is 2.21. The first-order valence-electron chi connectivity index (χ1n) is 5.76. The summed E-state index contributed by atoms with van der Waals surface area (Å²) in [4.78, 5) is 4.24. The van der Waals surface area contributed by atoms with Crippen molar-refractivity contribution in [3.63, 3.8) is 0 Å². The van der Waals surface area contributed by atoms with Crippen LogP contribution in [0.4, 0.5) is 0 Å². The van der Waals surface area contributed by atoms with Crippen molar-refractivity contribution in [2.45, 2.75) is 26.3 Å². The second kappa shape index (κ2) is 7.88. The maximum Gasteiger partial charge on any atom is 0.217 e. The van der Waals surface area contributed by atoms with Gasteiger partial charge in [0, 0.05) is 18.3 Å². The standard InChI is InChI=1S/C13H20N2O/c1-3-5-6-10-16-13-12(11-14-4-2)8-7-9-15-13/h3,7-9,14H,1,4-6,10-11H2,2H3. The summed E-state index contributed by atoms with van der Waals surface area (Å²) in [6, 6.07) is 3.97. The average molecular weight is 220 g/mol. The van der Waals surface area contributed by atoms with Crippen LogP contribution in [-0.4, -0.2) is 18.1 Å². The third kappa shape index (κ3) is 4.45. The topological polar surface area (TPSA) is 34.1 Å². The van der Waals surface area contributed by atoms with Gasteiger partial charge in [0.05, 0.1) is 6.61 Å². The first-order chi connectivity index (χ1) is 7.88. The number of aromatic nitrogens is 1. The first-order valence-corrected chi connectivity index (χ1v) is 5.76. The SMILES string of the molecule is C=CCCCOc1ncccc1CNCC. The van der Waals surface area contributed by atoms with Crippen LogP contribution in [0, 0.1) is 0 Å². The molecule has 88 valence electrons. The Hall–Kier alpha value is -1.35. The van der Waals surface area contributed by atoms with E-state index in [1.165, 1.54) is 0 Å². The summed E-state index contributed by atoms with van der Waals surface area (Å²) in [7, 11) is 0. The zero-order valence-electron chi connectivity index (χ0n) is 9.91. The van der Waals surface area contributed by atoms with E-state index in [1.807, 2.05) is 18.2 Å². The molecule has 0 aliphatic carbocycles. The Labute approximate surface area is 97.5 Å². The summed E-state index contributed by atoms with van der Waals surface area (Å²) in [5.41, 5.74) is 1.11. The van der Waals surface area contributed by atoms with Crippen LogP contribution in [0.5, 0.6) is 5.88 Å². The summed E-state index contributed by atoms with van der Waals surface area (Å²) in [5.74, 6) is 0.743. The fourth-order valence-electron chi connectivity index (χ4n) is 1.34. The molecule has 0 aliphatic rings. The van der Waals surface area contributed by atoms with E-state index < -0.39 is 0 Å². The van der Waals surface area contributed by atoms with Gasteiger partial charge in [0.1, 0.15) is 0 Å². The Bertz CT molecular complexity index is 313. The zero-order chi connectivity index (χ0) is 11.6. The number of nitrogens with zero attached hydrogens (tertiary/aromatic N) is 1. The molecule has 1 aromatic rings. The van der Waals surface area contributed by atoms with E-state index in [9.17, 15) is 0 Å². The lowest BCUT2D eigenvalue weighted by Crippen LogP contribution is -2.13. The molecule has 1 heterocycles. The predicted molar refractivity (Wildman–Crippen MR) is 66.5 cm³/mol.